The number of anilines is 1. The molecule has 1 aromatic heterocycles. The van der Waals surface area contributed by atoms with E-state index in [1.807, 2.05) is 0 Å². The first-order valence-corrected chi connectivity index (χ1v) is 5.82. The maximum atomic E-state index is 12.8. The summed E-state index contributed by atoms with van der Waals surface area (Å²) in [6.45, 7) is 1.80. The quantitative estimate of drug-likeness (QED) is 0.909. The second-order valence-corrected chi connectivity index (χ2v) is 4.29. The Morgan fingerprint density at radius 2 is 2.05 bits per heavy atom. The van der Waals surface area contributed by atoms with Crippen LogP contribution in [0.5, 0.6) is 0 Å². The lowest BCUT2D eigenvalue weighted by Crippen LogP contribution is -2.10. The Morgan fingerprint density at radius 3 is 2.60 bits per heavy atom. The van der Waals surface area contributed by atoms with Crippen LogP contribution in [0, 0.1) is 11.3 Å². The van der Waals surface area contributed by atoms with Crippen molar-refractivity contribution >= 4 is 5.69 Å². The van der Waals surface area contributed by atoms with Gasteiger partial charge in [0, 0.05) is 11.3 Å². The van der Waals surface area contributed by atoms with Crippen LogP contribution in [0.4, 0.5) is 18.9 Å². The molecule has 0 bridgehead atoms. The molecule has 0 spiro atoms. The predicted octanol–water partition coefficient (Wildman–Crippen LogP) is 4.34. The second-order valence-electron chi connectivity index (χ2n) is 4.29. The summed E-state index contributed by atoms with van der Waals surface area (Å²) in [5.74, 6) is 0. The Bertz CT molecular complexity index is 627. The summed E-state index contributed by atoms with van der Waals surface area (Å²) >= 11 is 0. The number of hydrogen-bond donors (Lipinski definition) is 1. The van der Waals surface area contributed by atoms with E-state index in [1.165, 1.54) is 18.6 Å². The number of nitrogens with zero attached hydrogens (tertiary/aromatic N) is 1. The van der Waals surface area contributed by atoms with E-state index in [1.54, 1.807) is 19.1 Å². The fraction of sp³-hybridized carbons (Fsp3) is 0.214. The van der Waals surface area contributed by atoms with Crippen molar-refractivity contribution in [1.29, 1.82) is 5.26 Å². The van der Waals surface area contributed by atoms with Gasteiger partial charge < -0.3 is 9.73 Å². The van der Waals surface area contributed by atoms with Gasteiger partial charge in [-0.3, -0.25) is 0 Å². The molecule has 1 aromatic carbocycles. The largest absolute Gasteiger partial charge is 0.472 e. The molecule has 104 valence electrons. The highest BCUT2D eigenvalue weighted by atomic mass is 19.4. The van der Waals surface area contributed by atoms with E-state index in [-0.39, 0.29) is 11.6 Å². The topological polar surface area (TPSA) is 49.0 Å². The first-order valence-electron chi connectivity index (χ1n) is 5.82. The zero-order valence-electron chi connectivity index (χ0n) is 10.5. The number of alkyl halides is 3. The van der Waals surface area contributed by atoms with Crippen LogP contribution >= 0.6 is 0 Å². The lowest BCUT2D eigenvalue weighted by molar-refractivity contribution is -0.137. The zero-order valence-corrected chi connectivity index (χ0v) is 10.5. The molecule has 0 saturated carbocycles. The van der Waals surface area contributed by atoms with E-state index >= 15 is 0 Å². The van der Waals surface area contributed by atoms with Crippen LogP contribution in [-0.2, 0) is 6.18 Å². The molecule has 1 N–H and O–H groups in total. The smallest absolute Gasteiger partial charge is 0.417 e. The van der Waals surface area contributed by atoms with Crippen LogP contribution in [0.25, 0.3) is 0 Å². The van der Waals surface area contributed by atoms with Crippen molar-refractivity contribution in [1.82, 2.24) is 0 Å². The first-order chi connectivity index (χ1) is 9.41. The van der Waals surface area contributed by atoms with Crippen LogP contribution in [0.1, 0.15) is 29.7 Å². The van der Waals surface area contributed by atoms with Gasteiger partial charge in [0.15, 0.2) is 0 Å². The molecule has 6 heteroatoms. The molecule has 0 radical (unpaired) electrons. The van der Waals surface area contributed by atoms with Crippen molar-refractivity contribution in [3.05, 3.63) is 53.5 Å². The summed E-state index contributed by atoms with van der Waals surface area (Å²) in [4.78, 5) is 0. The van der Waals surface area contributed by atoms with Gasteiger partial charge in [0.05, 0.1) is 35.8 Å². The molecule has 0 fully saturated rings. The van der Waals surface area contributed by atoms with E-state index in [2.05, 4.69) is 5.32 Å². The first kappa shape index (κ1) is 14.0. The van der Waals surface area contributed by atoms with Crippen molar-refractivity contribution < 1.29 is 17.6 Å². The highest BCUT2D eigenvalue weighted by Crippen LogP contribution is 2.34. The highest BCUT2D eigenvalue weighted by molar-refractivity contribution is 5.54. The minimum Gasteiger partial charge on any atom is -0.472 e. The average molecular weight is 280 g/mol. The summed E-state index contributed by atoms with van der Waals surface area (Å²) in [5, 5.41) is 11.7. The van der Waals surface area contributed by atoms with Crippen LogP contribution in [-0.4, -0.2) is 0 Å². The molecule has 20 heavy (non-hydrogen) atoms. The Labute approximate surface area is 113 Å². The van der Waals surface area contributed by atoms with E-state index in [9.17, 15) is 13.2 Å². The van der Waals surface area contributed by atoms with Gasteiger partial charge >= 0.3 is 6.18 Å². The molecule has 1 atom stereocenters. The minimum atomic E-state index is -4.55. The molecule has 0 saturated heterocycles. The third-order valence-electron chi connectivity index (χ3n) is 2.87. The number of halogens is 3. The monoisotopic (exact) mass is 280 g/mol. The number of nitrogens with one attached hydrogen (secondary N) is 1. The Morgan fingerprint density at radius 1 is 1.30 bits per heavy atom. The lowest BCUT2D eigenvalue weighted by Gasteiger charge is -2.16. The van der Waals surface area contributed by atoms with Gasteiger partial charge in [0.1, 0.15) is 0 Å². The zero-order chi connectivity index (χ0) is 14.8. The van der Waals surface area contributed by atoms with E-state index in [4.69, 9.17) is 9.68 Å². The molecule has 3 nitrogen and oxygen atoms in total. The van der Waals surface area contributed by atoms with Crippen molar-refractivity contribution in [3.8, 4) is 6.07 Å². The molecular formula is C14H11F3N2O. The van der Waals surface area contributed by atoms with Gasteiger partial charge in [-0.2, -0.15) is 18.4 Å². The maximum absolute atomic E-state index is 12.8. The molecule has 0 aliphatic rings. The number of benzene rings is 1. The lowest BCUT2D eigenvalue weighted by atomic mass is 10.1. The van der Waals surface area contributed by atoms with Crippen LogP contribution < -0.4 is 5.32 Å². The molecule has 2 aromatic rings. The van der Waals surface area contributed by atoms with Crippen molar-refractivity contribution in [2.24, 2.45) is 0 Å². The fourth-order valence-corrected chi connectivity index (χ4v) is 1.82. The molecule has 0 aliphatic heterocycles. The molecule has 0 aliphatic carbocycles. The van der Waals surface area contributed by atoms with Crippen molar-refractivity contribution in [3.63, 3.8) is 0 Å². The van der Waals surface area contributed by atoms with Gasteiger partial charge in [-0.1, -0.05) is 0 Å². The van der Waals surface area contributed by atoms with Crippen molar-refractivity contribution in [2.45, 2.75) is 19.1 Å². The minimum absolute atomic E-state index is 0.206. The average Bonchev–Trinajstić information content (AvgIpc) is 2.91. The summed E-state index contributed by atoms with van der Waals surface area (Å²) in [6, 6.07) is 6.62. The number of hydrogen-bond acceptors (Lipinski definition) is 3. The van der Waals surface area contributed by atoms with E-state index in [0.29, 0.717) is 5.69 Å². The predicted molar refractivity (Wildman–Crippen MR) is 66.9 cm³/mol. The van der Waals surface area contributed by atoms with Crippen LogP contribution in [0.15, 0.2) is 41.2 Å². The molecule has 2 rings (SSSR count). The van der Waals surface area contributed by atoms with Crippen LogP contribution in [0.2, 0.25) is 0 Å². The third-order valence-corrected chi connectivity index (χ3v) is 2.87. The summed E-state index contributed by atoms with van der Waals surface area (Å²) in [5.41, 5.74) is -0.212. The standard InChI is InChI=1S/C14H11F3N2O/c1-9(11-4-5-20-8-11)19-12-3-2-10(7-18)13(6-12)14(15,16)17/h2-6,8-9,19H,1H3. The van der Waals surface area contributed by atoms with Gasteiger partial charge in [0.2, 0.25) is 0 Å². The van der Waals surface area contributed by atoms with Gasteiger partial charge in [-0.25, -0.2) is 0 Å². The normalized spacial score (nSPS) is 12.8. The summed E-state index contributed by atoms with van der Waals surface area (Å²) < 4.78 is 43.4. The van der Waals surface area contributed by atoms with E-state index in [0.717, 1.165) is 17.7 Å². The van der Waals surface area contributed by atoms with Crippen LogP contribution in [0.3, 0.4) is 0 Å². The number of nitriles is 1. The Kier molecular flexibility index (Phi) is 3.70. The van der Waals surface area contributed by atoms with Gasteiger partial charge in [-0.15, -0.1) is 0 Å². The van der Waals surface area contributed by atoms with Crippen molar-refractivity contribution in [2.75, 3.05) is 5.32 Å². The third kappa shape index (κ3) is 2.94. The number of furan rings is 1. The fourth-order valence-electron chi connectivity index (χ4n) is 1.82. The van der Waals surface area contributed by atoms with Gasteiger partial charge in [0.25, 0.3) is 0 Å². The highest BCUT2D eigenvalue weighted by Gasteiger charge is 2.33. The maximum Gasteiger partial charge on any atom is 0.417 e. The molecule has 1 heterocycles. The SMILES string of the molecule is CC(Nc1ccc(C#N)c(C(F)(F)F)c1)c1ccoc1. The Balaban J connectivity index is 2.28. The molecule has 1 unspecified atom stereocenters. The number of rotatable bonds is 3. The summed E-state index contributed by atoms with van der Waals surface area (Å²) in [7, 11) is 0. The molecular weight excluding hydrogens is 269 g/mol. The second kappa shape index (κ2) is 5.29. The molecule has 0 amide bonds. The van der Waals surface area contributed by atoms with E-state index < -0.39 is 11.7 Å². The van der Waals surface area contributed by atoms with Gasteiger partial charge in [-0.05, 0) is 31.2 Å². The summed E-state index contributed by atoms with van der Waals surface area (Å²) in [6.07, 6.45) is -1.54. The Hall–Kier alpha value is -2.42.